The van der Waals surface area contributed by atoms with Gasteiger partial charge in [-0.3, -0.25) is 0 Å². The van der Waals surface area contributed by atoms with Crippen molar-refractivity contribution in [2.24, 2.45) is 0 Å². The SMILES string of the molecule is Cc1ccc(O)cc1C(C)(C)C. The van der Waals surface area contributed by atoms with Crippen molar-refractivity contribution in [1.29, 1.82) is 0 Å². The Morgan fingerprint density at radius 3 is 2.17 bits per heavy atom. The maximum Gasteiger partial charge on any atom is 0.115 e. The van der Waals surface area contributed by atoms with E-state index in [0.717, 1.165) is 0 Å². The second-order valence-electron chi connectivity index (χ2n) is 4.25. The molecule has 0 saturated carbocycles. The van der Waals surface area contributed by atoms with Gasteiger partial charge in [-0.05, 0) is 35.6 Å². The fraction of sp³-hybridized carbons (Fsp3) is 0.455. The molecule has 0 saturated heterocycles. The van der Waals surface area contributed by atoms with Crippen molar-refractivity contribution in [3.05, 3.63) is 29.3 Å². The van der Waals surface area contributed by atoms with E-state index >= 15 is 0 Å². The summed E-state index contributed by atoms with van der Waals surface area (Å²) in [5, 5.41) is 9.30. The summed E-state index contributed by atoms with van der Waals surface area (Å²) in [6.45, 7) is 8.51. The molecule has 0 aliphatic carbocycles. The molecule has 12 heavy (non-hydrogen) atoms. The number of phenols is 1. The average Bonchev–Trinajstić information content (AvgIpc) is 1.92. The number of aromatic hydroxyl groups is 1. The topological polar surface area (TPSA) is 20.2 Å². The molecule has 0 bridgehead atoms. The molecule has 0 aromatic heterocycles. The van der Waals surface area contributed by atoms with Gasteiger partial charge in [0.05, 0.1) is 0 Å². The van der Waals surface area contributed by atoms with Crippen molar-refractivity contribution in [2.45, 2.75) is 33.1 Å². The van der Waals surface area contributed by atoms with Crippen LogP contribution in [-0.2, 0) is 5.41 Å². The zero-order valence-electron chi connectivity index (χ0n) is 8.18. The predicted octanol–water partition coefficient (Wildman–Crippen LogP) is 3.00. The van der Waals surface area contributed by atoms with E-state index in [9.17, 15) is 5.11 Å². The molecule has 0 spiro atoms. The smallest absolute Gasteiger partial charge is 0.115 e. The monoisotopic (exact) mass is 164 g/mol. The van der Waals surface area contributed by atoms with Crippen molar-refractivity contribution < 1.29 is 5.11 Å². The van der Waals surface area contributed by atoms with Gasteiger partial charge in [0.25, 0.3) is 0 Å². The number of phenolic OH excluding ortho intramolecular Hbond substituents is 1. The van der Waals surface area contributed by atoms with Crippen molar-refractivity contribution in [3.63, 3.8) is 0 Å². The molecule has 0 unspecified atom stereocenters. The van der Waals surface area contributed by atoms with Gasteiger partial charge in [0.2, 0.25) is 0 Å². The minimum absolute atomic E-state index is 0.114. The van der Waals surface area contributed by atoms with Crippen LogP contribution in [0.5, 0.6) is 5.75 Å². The highest BCUT2D eigenvalue weighted by Crippen LogP contribution is 2.28. The number of aryl methyl sites for hydroxylation is 1. The first kappa shape index (κ1) is 9.11. The Kier molecular flexibility index (Phi) is 2.14. The van der Waals surface area contributed by atoms with Gasteiger partial charge in [-0.2, -0.15) is 0 Å². The summed E-state index contributed by atoms with van der Waals surface area (Å²) in [4.78, 5) is 0. The third kappa shape index (κ3) is 1.79. The lowest BCUT2D eigenvalue weighted by atomic mass is 9.84. The van der Waals surface area contributed by atoms with Crippen LogP contribution in [0.2, 0.25) is 0 Å². The maximum atomic E-state index is 9.30. The Morgan fingerprint density at radius 1 is 1.17 bits per heavy atom. The molecule has 0 heterocycles. The molecule has 1 heteroatoms. The first-order valence-corrected chi connectivity index (χ1v) is 4.21. The molecule has 1 N–H and O–H groups in total. The summed E-state index contributed by atoms with van der Waals surface area (Å²) in [6.07, 6.45) is 0. The highest BCUT2D eigenvalue weighted by atomic mass is 16.3. The third-order valence-corrected chi connectivity index (χ3v) is 2.03. The highest BCUT2D eigenvalue weighted by molar-refractivity contribution is 5.38. The largest absolute Gasteiger partial charge is 0.508 e. The van der Waals surface area contributed by atoms with Crippen LogP contribution in [0.15, 0.2) is 18.2 Å². The summed E-state index contributed by atoms with van der Waals surface area (Å²) in [6, 6.07) is 5.52. The molecule has 0 aliphatic rings. The molecule has 1 aromatic rings. The van der Waals surface area contributed by atoms with Gasteiger partial charge in [0.15, 0.2) is 0 Å². The van der Waals surface area contributed by atoms with E-state index in [4.69, 9.17) is 0 Å². The van der Waals surface area contributed by atoms with Crippen molar-refractivity contribution in [2.75, 3.05) is 0 Å². The summed E-state index contributed by atoms with van der Waals surface area (Å²) in [5.74, 6) is 0.352. The molecular weight excluding hydrogens is 148 g/mol. The third-order valence-electron chi connectivity index (χ3n) is 2.03. The number of rotatable bonds is 0. The fourth-order valence-corrected chi connectivity index (χ4v) is 1.42. The Labute approximate surface area is 74.1 Å². The Morgan fingerprint density at radius 2 is 1.75 bits per heavy atom. The predicted molar refractivity (Wildman–Crippen MR) is 51.5 cm³/mol. The van der Waals surface area contributed by atoms with Crippen LogP contribution < -0.4 is 0 Å². The van der Waals surface area contributed by atoms with Gasteiger partial charge in [-0.25, -0.2) is 0 Å². The van der Waals surface area contributed by atoms with Crippen LogP contribution in [0, 0.1) is 6.92 Å². The van der Waals surface area contributed by atoms with Crippen LogP contribution in [0.3, 0.4) is 0 Å². The number of hydrogen-bond donors (Lipinski definition) is 1. The Bertz CT molecular complexity index is 282. The van der Waals surface area contributed by atoms with E-state index in [1.54, 1.807) is 6.07 Å². The summed E-state index contributed by atoms with van der Waals surface area (Å²) < 4.78 is 0. The van der Waals surface area contributed by atoms with Crippen LogP contribution in [0.25, 0.3) is 0 Å². The van der Waals surface area contributed by atoms with E-state index < -0.39 is 0 Å². The van der Waals surface area contributed by atoms with Gasteiger partial charge in [0.1, 0.15) is 5.75 Å². The van der Waals surface area contributed by atoms with Crippen molar-refractivity contribution in [3.8, 4) is 5.75 Å². The van der Waals surface area contributed by atoms with Gasteiger partial charge >= 0.3 is 0 Å². The quantitative estimate of drug-likeness (QED) is 0.625. The number of benzene rings is 1. The van der Waals surface area contributed by atoms with Gasteiger partial charge in [-0.15, -0.1) is 0 Å². The average molecular weight is 164 g/mol. The molecule has 0 fully saturated rings. The van der Waals surface area contributed by atoms with E-state index in [-0.39, 0.29) is 5.41 Å². The Balaban J connectivity index is 3.23. The molecule has 66 valence electrons. The fourth-order valence-electron chi connectivity index (χ4n) is 1.42. The number of hydrogen-bond acceptors (Lipinski definition) is 1. The zero-order chi connectivity index (χ0) is 9.35. The lowest BCUT2D eigenvalue weighted by molar-refractivity contribution is 0.470. The molecule has 1 rings (SSSR count). The summed E-state index contributed by atoms with van der Waals surface area (Å²) in [5.41, 5.74) is 2.56. The first-order chi connectivity index (χ1) is 5.41. The minimum atomic E-state index is 0.114. The van der Waals surface area contributed by atoms with Gasteiger partial charge in [0, 0.05) is 0 Å². The molecule has 0 amide bonds. The van der Waals surface area contributed by atoms with Crippen molar-refractivity contribution >= 4 is 0 Å². The molecule has 1 nitrogen and oxygen atoms in total. The van der Waals surface area contributed by atoms with E-state index in [0.29, 0.717) is 5.75 Å². The first-order valence-electron chi connectivity index (χ1n) is 4.21. The molecule has 1 aromatic carbocycles. The second kappa shape index (κ2) is 2.81. The van der Waals surface area contributed by atoms with Gasteiger partial charge in [-0.1, -0.05) is 26.8 Å². The minimum Gasteiger partial charge on any atom is -0.508 e. The normalized spacial score (nSPS) is 11.7. The maximum absolute atomic E-state index is 9.30. The highest BCUT2D eigenvalue weighted by Gasteiger charge is 2.16. The van der Waals surface area contributed by atoms with Crippen LogP contribution in [-0.4, -0.2) is 5.11 Å². The Hall–Kier alpha value is -0.980. The van der Waals surface area contributed by atoms with Crippen LogP contribution in [0.1, 0.15) is 31.9 Å². The van der Waals surface area contributed by atoms with Crippen LogP contribution in [0.4, 0.5) is 0 Å². The van der Waals surface area contributed by atoms with Crippen molar-refractivity contribution in [1.82, 2.24) is 0 Å². The molecule has 0 atom stereocenters. The molecule has 0 radical (unpaired) electrons. The van der Waals surface area contributed by atoms with E-state index in [2.05, 4.69) is 27.7 Å². The second-order valence-corrected chi connectivity index (χ2v) is 4.25. The summed E-state index contributed by atoms with van der Waals surface area (Å²) in [7, 11) is 0. The van der Waals surface area contributed by atoms with Gasteiger partial charge < -0.3 is 5.11 Å². The lowest BCUT2D eigenvalue weighted by Crippen LogP contribution is -2.12. The zero-order valence-corrected chi connectivity index (χ0v) is 8.18. The lowest BCUT2D eigenvalue weighted by Gasteiger charge is -2.21. The molecule has 0 aliphatic heterocycles. The summed E-state index contributed by atoms with van der Waals surface area (Å²) >= 11 is 0. The van der Waals surface area contributed by atoms with E-state index in [1.807, 2.05) is 12.1 Å². The van der Waals surface area contributed by atoms with Crippen LogP contribution >= 0.6 is 0 Å². The standard InChI is InChI=1S/C11H16O/c1-8-5-6-9(12)7-10(8)11(2,3)4/h5-7,12H,1-4H3. The van der Waals surface area contributed by atoms with E-state index in [1.165, 1.54) is 11.1 Å². The molecular formula is C11H16O.